The van der Waals surface area contributed by atoms with Crippen molar-refractivity contribution >= 4 is 44.0 Å². The van der Waals surface area contributed by atoms with Crippen LogP contribution in [-0.2, 0) is 4.79 Å². The van der Waals surface area contributed by atoms with Crippen molar-refractivity contribution in [3.8, 4) is 0 Å². The molecule has 1 saturated heterocycles. The number of hydrogen-bond donors (Lipinski definition) is 0. The number of likely N-dealkylation sites (N-methyl/N-ethyl adjacent to an activating group) is 1. The zero-order valence-corrected chi connectivity index (χ0v) is 15.7. The summed E-state index contributed by atoms with van der Waals surface area (Å²) in [5.41, 5.74) is 1.99. The quantitative estimate of drug-likeness (QED) is 0.681. The van der Waals surface area contributed by atoms with E-state index < -0.39 is 0 Å². The normalized spacial score (nSPS) is 19.0. The van der Waals surface area contributed by atoms with E-state index in [2.05, 4.69) is 37.0 Å². The Morgan fingerprint density at radius 1 is 1.04 bits per heavy atom. The Kier molecular flexibility index (Phi) is 4.94. The molecule has 2 aromatic rings. The lowest BCUT2D eigenvalue weighted by Gasteiger charge is -2.24. The molecule has 0 aromatic heterocycles. The average molecular weight is 437 g/mol. The van der Waals surface area contributed by atoms with Crippen molar-refractivity contribution in [3.63, 3.8) is 0 Å². The maximum absolute atomic E-state index is 12.3. The first kappa shape index (κ1) is 16.4. The van der Waals surface area contributed by atoms with Crippen LogP contribution in [0.1, 0.15) is 17.3 Å². The van der Waals surface area contributed by atoms with Crippen molar-refractivity contribution in [2.45, 2.75) is 6.17 Å². The highest BCUT2D eigenvalue weighted by molar-refractivity contribution is 9.10. The first-order chi connectivity index (χ1) is 11.0. The first-order valence-electron chi connectivity index (χ1n) is 7.12. The van der Waals surface area contributed by atoms with Gasteiger partial charge in [0.15, 0.2) is 0 Å². The molecule has 0 spiro atoms. The monoisotopic (exact) mass is 435 g/mol. The molecule has 1 fully saturated rings. The lowest BCUT2D eigenvalue weighted by atomic mass is 10.1. The van der Waals surface area contributed by atoms with Crippen LogP contribution in [0.4, 0.5) is 0 Å². The van der Waals surface area contributed by atoms with E-state index in [9.17, 15) is 4.79 Å². The van der Waals surface area contributed by atoms with Gasteiger partial charge in [-0.05, 0) is 42.4 Å². The zero-order valence-electron chi connectivity index (χ0n) is 12.5. The summed E-state index contributed by atoms with van der Waals surface area (Å²) in [4.78, 5) is 14.3. The number of amides is 1. The topological polar surface area (TPSA) is 35.9 Å². The van der Waals surface area contributed by atoms with Crippen LogP contribution < -0.4 is 0 Å². The second-order valence-electron chi connectivity index (χ2n) is 5.37. The third-order valence-corrected chi connectivity index (χ3v) is 4.72. The largest absolute Gasteiger partial charge is 0.272 e. The van der Waals surface area contributed by atoms with Crippen LogP contribution in [0.2, 0.25) is 0 Å². The average Bonchev–Trinajstić information content (AvgIpc) is 2.81. The van der Waals surface area contributed by atoms with E-state index in [4.69, 9.17) is 0 Å². The van der Waals surface area contributed by atoms with Crippen LogP contribution >= 0.6 is 31.9 Å². The first-order valence-corrected chi connectivity index (χ1v) is 8.70. The molecule has 6 heteroatoms. The third kappa shape index (κ3) is 3.71. The van der Waals surface area contributed by atoms with Gasteiger partial charge in [0.05, 0.1) is 12.8 Å². The van der Waals surface area contributed by atoms with Crippen molar-refractivity contribution < 1.29 is 4.79 Å². The molecular weight excluding hydrogens is 422 g/mol. The number of hydrogen-bond acceptors (Lipinski definition) is 3. The number of carbonyl (C=O) groups excluding carboxylic acids is 1. The second kappa shape index (κ2) is 6.95. The molecule has 0 N–H and O–H groups in total. The van der Waals surface area contributed by atoms with E-state index in [1.807, 2.05) is 60.5 Å². The van der Waals surface area contributed by atoms with Crippen molar-refractivity contribution in [1.29, 1.82) is 0 Å². The SMILES string of the molecule is CN1CC(=O)N(/N=C\c2ccc(Br)cc2)[C@@H]1c1ccc(Br)cc1. The fourth-order valence-electron chi connectivity index (χ4n) is 2.53. The molecule has 1 amide bonds. The minimum atomic E-state index is -0.178. The van der Waals surface area contributed by atoms with E-state index in [1.54, 1.807) is 11.2 Å². The van der Waals surface area contributed by atoms with Gasteiger partial charge in [-0.3, -0.25) is 9.69 Å². The molecular formula is C17H15Br2N3O. The van der Waals surface area contributed by atoms with E-state index in [-0.39, 0.29) is 12.1 Å². The maximum atomic E-state index is 12.3. The highest BCUT2D eigenvalue weighted by atomic mass is 79.9. The fourth-order valence-corrected chi connectivity index (χ4v) is 3.06. The van der Waals surface area contributed by atoms with Crippen molar-refractivity contribution in [2.24, 2.45) is 5.10 Å². The van der Waals surface area contributed by atoms with Gasteiger partial charge in [0, 0.05) is 8.95 Å². The molecule has 0 saturated carbocycles. The lowest BCUT2D eigenvalue weighted by molar-refractivity contribution is -0.128. The molecule has 3 rings (SSSR count). The predicted octanol–water partition coefficient (Wildman–Crippen LogP) is 4.02. The molecule has 4 nitrogen and oxygen atoms in total. The summed E-state index contributed by atoms with van der Waals surface area (Å²) in [6.07, 6.45) is 1.54. The summed E-state index contributed by atoms with van der Waals surface area (Å²) in [5.74, 6) is -0.00576. The number of nitrogens with zero attached hydrogens (tertiary/aromatic N) is 3. The number of benzene rings is 2. The molecule has 0 bridgehead atoms. The molecule has 2 aromatic carbocycles. The summed E-state index contributed by atoms with van der Waals surface area (Å²) >= 11 is 6.84. The molecule has 1 heterocycles. The highest BCUT2D eigenvalue weighted by Gasteiger charge is 2.36. The lowest BCUT2D eigenvalue weighted by Crippen LogP contribution is -2.26. The Bertz CT molecular complexity index is 729. The van der Waals surface area contributed by atoms with E-state index in [0.29, 0.717) is 6.54 Å². The molecule has 1 aliphatic rings. The Balaban J connectivity index is 1.87. The van der Waals surface area contributed by atoms with Gasteiger partial charge in [-0.2, -0.15) is 5.10 Å². The van der Waals surface area contributed by atoms with Gasteiger partial charge in [0.2, 0.25) is 0 Å². The smallest absolute Gasteiger partial charge is 0.258 e. The highest BCUT2D eigenvalue weighted by Crippen LogP contribution is 2.30. The van der Waals surface area contributed by atoms with Crippen LogP contribution in [-0.4, -0.2) is 35.6 Å². The summed E-state index contributed by atoms with van der Waals surface area (Å²) in [6, 6.07) is 15.8. The fraction of sp³-hybridized carbons (Fsp3) is 0.176. The number of hydrazone groups is 1. The van der Waals surface area contributed by atoms with E-state index in [0.717, 1.165) is 20.1 Å². The van der Waals surface area contributed by atoms with Crippen LogP contribution in [0.5, 0.6) is 0 Å². The molecule has 0 unspecified atom stereocenters. The maximum Gasteiger partial charge on any atom is 0.258 e. The van der Waals surface area contributed by atoms with Crippen LogP contribution in [0.15, 0.2) is 62.6 Å². The standard InChI is InChI=1S/C17H15Br2N3O/c1-21-11-16(23)22(17(21)13-4-8-15(19)9-5-13)20-10-12-2-6-14(18)7-3-12/h2-10,17H,11H2,1H3/b20-10-/t17-/m1/s1. The van der Waals surface area contributed by atoms with Crippen molar-refractivity contribution in [3.05, 3.63) is 68.6 Å². The van der Waals surface area contributed by atoms with Gasteiger partial charge in [-0.25, -0.2) is 5.01 Å². The molecule has 1 aliphatic heterocycles. The van der Waals surface area contributed by atoms with Gasteiger partial charge in [0.25, 0.3) is 5.91 Å². The van der Waals surface area contributed by atoms with E-state index in [1.165, 1.54) is 0 Å². The predicted molar refractivity (Wildman–Crippen MR) is 98.1 cm³/mol. The number of carbonyl (C=O) groups is 1. The summed E-state index contributed by atoms with van der Waals surface area (Å²) in [6.45, 7) is 0.360. The van der Waals surface area contributed by atoms with Crippen LogP contribution in [0.3, 0.4) is 0 Å². The van der Waals surface area contributed by atoms with Crippen LogP contribution in [0, 0.1) is 0 Å². The van der Waals surface area contributed by atoms with Crippen molar-refractivity contribution in [1.82, 2.24) is 9.91 Å². The van der Waals surface area contributed by atoms with Gasteiger partial charge >= 0.3 is 0 Å². The molecule has 1 atom stereocenters. The van der Waals surface area contributed by atoms with Crippen molar-refractivity contribution in [2.75, 3.05) is 13.6 Å². The minimum absolute atomic E-state index is 0.00576. The summed E-state index contributed by atoms with van der Waals surface area (Å²) < 4.78 is 2.03. The Morgan fingerprint density at radius 2 is 1.61 bits per heavy atom. The number of halogens is 2. The second-order valence-corrected chi connectivity index (χ2v) is 7.21. The molecule has 0 radical (unpaired) electrons. The molecule has 23 heavy (non-hydrogen) atoms. The third-order valence-electron chi connectivity index (χ3n) is 3.66. The number of rotatable bonds is 3. The summed E-state index contributed by atoms with van der Waals surface area (Å²) in [7, 11) is 1.93. The molecule has 118 valence electrons. The Morgan fingerprint density at radius 3 is 2.22 bits per heavy atom. The Hall–Kier alpha value is -1.50. The van der Waals surface area contributed by atoms with E-state index >= 15 is 0 Å². The van der Waals surface area contributed by atoms with Crippen LogP contribution in [0.25, 0.3) is 0 Å². The summed E-state index contributed by atoms with van der Waals surface area (Å²) in [5, 5.41) is 5.97. The van der Waals surface area contributed by atoms with Gasteiger partial charge in [0.1, 0.15) is 6.17 Å². The zero-order chi connectivity index (χ0) is 16.4. The van der Waals surface area contributed by atoms with Gasteiger partial charge in [-0.15, -0.1) is 0 Å². The Labute approximate surface area is 152 Å². The minimum Gasteiger partial charge on any atom is -0.272 e. The van der Waals surface area contributed by atoms with Gasteiger partial charge < -0.3 is 0 Å². The molecule has 0 aliphatic carbocycles. The van der Waals surface area contributed by atoms with Gasteiger partial charge in [-0.1, -0.05) is 56.1 Å².